The molecule has 0 atom stereocenters. The Bertz CT molecular complexity index is 1020. The van der Waals surface area contributed by atoms with E-state index in [0.717, 1.165) is 6.07 Å². The van der Waals surface area contributed by atoms with Crippen molar-refractivity contribution in [3.63, 3.8) is 0 Å². The first-order valence-corrected chi connectivity index (χ1v) is 8.90. The molecule has 9 heteroatoms. The van der Waals surface area contributed by atoms with Gasteiger partial charge >= 0.3 is 6.18 Å². The fourth-order valence-corrected chi connectivity index (χ4v) is 2.84. The van der Waals surface area contributed by atoms with Gasteiger partial charge < -0.3 is 10.6 Å². The van der Waals surface area contributed by atoms with E-state index in [-0.39, 0.29) is 35.1 Å². The molecular weight excluding hydrogens is 383 g/mol. The monoisotopic (exact) mass is 401 g/mol. The first-order chi connectivity index (χ1) is 13.7. The number of hydrogen-bond acceptors (Lipinski definition) is 5. The number of aliphatic imine (C=N–C) groups is 1. The lowest BCUT2D eigenvalue weighted by atomic mass is 10.1. The first kappa shape index (κ1) is 20.3. The Morgan fingerprint density at radius 2 is 2.07 bits per heavy atom. The van der Waals surface area contributed by atoms with Crippen LogP contribution in [0.1, 0.15) is 37.1 Å². The Kier molecular flexibility index (Phi) is 5.55. The van der Waals surface area contributed by atoms with Crippen molar-refractivity contribution in [2.24, 2.45) is 10.9 Å². The van der Waals surface area contributed by atoms with Gasteiger partial charge in [-0.25, -0.2) is 4.98 Å². The Balaban J connectivity index is 2.13. The van der Waals surface area contributed by atoms with Crippen molar-refractivity contribution in [1.29, 1.82) is 5.26 Å². The number of benzene rings is 1. The molecule has 2 aromatic rings. The molecule has 150 valence electrons. The number of fused-ring (bicyclic) bond motifs is 1. The van der Waals surface area contributed by atoms with Crippen LogP contribution in [0.15, 0.2) is 35.5 Å². The Labute approximate surface area is 165 Å². The van der Waals surface area contributed by atoms with Gasteiger partial charge in [0, 0.05) is 24.0 Å². The number of carbonyl (C=O) groups is 1. The van der Waals surface area contributed by atoms with E-state index >= 15 is 0 Å². The van der Waals surface area contributed by atoms with Crippen molar-refractivity contribution >= 4 is 28.7 Å². The Morgan fingerprint density at radius 1 is 1.31 bits per heavy atom. The second-order valence-electron chi connectivity index (χ2n) is 7.01. The number of aromatic nitrogens is 1. The molecule has 0 saturated heterocycles. The number of halogens is 3. The molecule has 6 nitrogen and oxygen atoms in total. The fourth-order valence-electron chi connectivity index (χ4n) is 2.84. The number of pyridine rings is 1. The SMILES string of the molecule is CC(C)CNc1cc2c(cc1C(F)(F)F)NC(=O)CC(c1ccnc(C#N)c1)=N2. The number of nitrogens with one attached hydrogen (secondary N) is 2. The molecule has 1 aliphatic rings. The highest BCUT2D eigenvalue weighted by Crippen LogP contribution is 2.42. The first-order valence-electron chi connectivity index (χ1n) is 8.90. The highest BCUT2D eigenvalue weighted by atomic mass is 19.4. The molecular formula is C20H18F3N5O. The van der Waals surface area contributed by atoms with Gasteiger partial charge in [-0.3, -0.25) is 9.79 Å². The van der Waals surface area contributed by atoms with Crippen LogP contribution in [0.5, 0.6) is 0 Å². The molecule has 0 spiro atoms. The summed E-state index contributed by atoms with van der Waals surface area (Å²) in [6, 6.07) is 7.18. The van der Waals surface area contributed by atoms with Crippen LogP contribution < -0.4 is 10.6 Å². The predicted octanol–water partition coefficient (Wildman–Crippen LogP) is 4.50. The lowest BCUT2D eigenvalue weighted by molar-refractivity contribution is -0.137. The number of amides is 1. The van der Waals surface area contributed by atoms with Gasteiger partial charge in [0.1, 0.15) is 11.8 Å². The molecule has 0 bridgehead atoms. The molecule has 2 heterocycles. The minimum Gasteiger partial charge on any atom is -0.384 e. The number of alkyl halides is 3. The van der Waals surface area contributed by atoms with Gasteiger partial charge in [-0.2, -0.15) is 18.4 Å². The third-order valence-corrected chi connectivity index (χ3v) is 4.21. The van der Waals surface area contributed by atoms with Crippen LogP contribution in [0.4, 0.5) is 30.2 Å². The molecule has 0 aliphatic carbocycles. The predicted molar refractivity (Wildman–Crippen MR) is 103 cm³/mol. The van der Waals surface area contributed by atoms with Crippen LogP contribution in [0.2, 0.25) is 0 Å². The molecule has 1 aromatic heterocycles. The van der Waals surface area contributed by atoms with Crippen LogP contribution in [-0.4, -0.2) is 23.1 Å². The summed E-state index contributed by atoms with van der Waals surface area (Å²) in [6.45, 7) is 4.12. The Hall–Kier alpha value is -3.41. The van der Waals surface area contributed by atoms with Gasteiger partial charge in [-0.1, -0.05) is 13.8 Å². The smallest absolute Gasteiger partial charge is 0.384 e. The number of carbonyl (C=O) groups excluding carboxylic acids is 1. The molecule has 2 N–H and O–H groups in total. The average Bonchev–Trinajstić information content (AvgIpc) is 2.82. The van der Waals surface area contributed by atoms with Crippen LogP contribution in [-0.2, 0) is 11.0 Å². The lowest BCUT2D eigenvalue weighted by Crippen LogP contribution is -2.17. The maximum atomic E-state index is 13.5. The summed E-state index contributed by atoms with van der Waals surface area (Å²) in [6.07, 6.45) is -3.31. The van der Waals surface area contributed by atoms with Gasteiger partial charge in [0.2, 0.25) is 5.91 Å². The van der Waals surface area contributed by atoms with E-state index < -0.39 is 17.6 Å². The highest BCUT2D eigenvalue weighted by molar-refractivity contribution is 6.17. The van der Waals surface area contributed by atoms with E-state index in [0.29, 0.717) is 17.8 Å². The largest absolute Gasteiger partial charge is 0.418 e. The quantitative estimate of drug-likeness (QED) is 0.789. The van der Waals surface area contributed by atoms with E-state index in [9.17, 15) is 18.0 Å². The normalized spacial score (nSPS) is 13.8. The van der Waals surface area contributed by atoms with Crippen LogP contribution >= 0.6 is 0 Å². The summed E-state index contributed by atoms with van der Waals surface area (Å²) < 4.78 is 40.6. The van der Waals surface area contributed by atoms with Crippen LogP contribution in [0.25, 0.3) is 0 Å². The van der Waals surface area contributed by atoms with Gasteiger partial charge in [-0.05, 0) is 30.2 Å². The zero-order valence-corrected chi connectivity index (χ0v) is 15.8. The summed E-state index contributed by atoms with van der Waals surface area (Å²) >= 11 is 0. The summed E-state index contributed by atoms with van der Waals surface area (Å²) in [5.41, 5.74) is 0.234. The van der Waals surface area contributed by atoms with E-state index in [1.165, 1.54) is 18.3 Å². The zero-order chi connectivity index (χ0) is 21.2. The van der Waals surface area contributed by atoms with E-state index in [1.54, 1.807) is 6.07 Å². The van der Waals surface area contributed by atoms with E-state index in [2.05, 4.69) is 20.6 Å². The second-order valence-corrected chi connectivity index (χ2v) is 7.01. The van der Waals surface area contributed by atoms with Crippen molar-refractivity contribution in [3.8, 4) is 6.07 Å². The van der Waals surface area contributed by atoms with Crippen molar-refractivity contribution in [2.75, 3.05) is 17.2 Å². The maximum absolute atomic E-state index is 13.5. The highest BCUT2D eigenvalue weighted by Gasteiger charge is 2.35. The summed E-state index contributed by atoms with van der Waals surface area (Å²) in [4.78, 5) is 20.6. The third-order valence-electron chi connectivity index (χ3n) is 4.21. The van der Waals surface area contributed by atoms with Gasteiger partial charge in [0.05, 0.1) is 29.1 Å². The minimum atomic E-state index is -4.59. The van der Waals surface area contributed by atoms with Gasteiger partial charge in [0.15, 0.2) is 0 Å². The molecule has 0 radical (unpaired) electrons. The van der Waals surface area contributed by atoms with Crippen LogP contribution in [0.3, 0.4) is 0 Å². The zero-order valence-electron chi connectivity index (χ0n) is 15.8. The molecule has 1 aliphatic heterocycles. The van der Waals surface area contributed by atoms with E-state index in [1.807, 2.05) is 19.9 Å². The van der Waals surface area contributed by atoms with Crippen molar-refractivity contribution in [1.82, 2.24) is 4.98 Å². The molecule has 0 unspecified atom stereocenters. The second kappa shape index (κ2) is 7.91. The molecule has 1 amide bonds. The van der Waals surface area contributed by atoms with Crippen molar-refractivity contribution in [2.45, 2.75) is 26.4 Å². The summed E-state index contributed by atoms with van der Waals surface area (Å²) in [5.74, 6) is -0.358. The number of nitriles is 1. The molecule has 3 rings (SSSR count). The maximum Gasteiger partial charge on any atom is 0.418 e. The average molecular weight is 401 g/mol. The number of hydrogen-bond donors (Lipinski definition) is 2. The number of rotatable bonds is 4. The lowest BCUT2D eigenvalue weighted by Gasteiger charge is -2.18. The fraction of sp³-hybridized carbons (Fsp3) is 0.300. The number of nitrogens with zero attached hydrogens (tertiary/aromatic N) is 3. The Morgan fingerprint density at radius 3 is 2.72 bits per heavy atom. The summed E-state index contributed by atoms with van der Waals surface area (Å²) in [7, 11) is 0. The molecule has 29 heavy (non-hydrogen) atoms. The number of anilines is 2. The molecule has 1 aromatic carbocycles. The third kappa shape index (κ3) is 4.71. The van der Waals surface area contributed by atoms with Gasteiger partial charge in [-0.15, -0.1) is 0 Å². The van der Waals surface area contributed by atoms with Crippen molar-refractivity contribution < 1.29 is 18.0 Å². The topological polar surface area (TPSA) is 90.2 Å². The standard InChI is InChI=1S/C20H18F3N5O/c1-11(2)10-26-16-7-18-17(6-14(16)20(21,22)23)28-19(29)8-15(27-18)12-3-4-25-13(5-12)9-24/h3-7,11,26H,8,10H2,1-2H3,(H,28,29). The molecule has 0 fully saturated rings. The van der Waals surface area contributed by atoms with Crippen molar-refractivity contribution in [3.05, 3.63) is 47.3 Å². The van der Waals surface area contributed by atoms with E-state index in [4.69, 9.17) is 5.26 Å². The van der Waals surface area contributed by atoms with Gasteiger partial charge in [0.25, 0.3) is 0 Å². The minimum absolute atomic E-state index is 0.0121. The van der Waals surface area contributed by atoms with Crippen LogP contribution in [0, 0.1) is 17.2 Å². The summed E-state index contributed by atoms with van der Waals surface area (Å²) in [5, 5.41) is 14.3. The molecule has 0 saturated carbocycles.